The lowest BCUT2D eigenvalue weighted by atomic mass is 10.1. The van der Waals surface area contributed by atoms with Crippen LogP contribution < -0.4 is 5.32 Å². The van der Waals surface area contributed by atoms with E-state index in [0.29, 0.717) is 0 Å². The van der Waals surface area contributed by atoms with Crippen LogP contribution in [0.3, 0.4) is 0 Å². The Kier molecular flexibility index (Phi) is 6.33. The monoisotopic (exact) mass is 377 g/mol. The molecule has 0 bridgehead atoms. The van der Waals surface area contributed by atoms with Crippen molar-refractivity contribution in [3.8, 4) is 6.07 Å². The molecule has 28 heavy (non-hydrogen) atoms. The summed E-state index contributed by atoms with van der Waals surface area (Å²) in [7, 11) is 0. The van der Waals surface area contributed by atoms with E-state index in [9.17, 15) is 10.1 Å². The maximum absolute atomic E-state index is 12.6. The summed E-state index contributed by atoms with van der Waals surface area (Å²) in [6, 6.07) is 13.6. The second-order valence-corrected chi connectivity index (χ2v) is 7.35. The van der Waals surface area contributed by atoms with E-state index in [1.54, 1.807) is 6.08 Å². The zero-order chi connectivity index (χ0) is 20.1. The Morgan fingerprint density at radius 3 is 2.79 bits per heavy atom. The van der Waals surface area contributed by atoms with Gasteiger partial charge in [-0.3, -0.25) is 4.79 Å². The second-order valence-electron chi connectivity index (χ2n) is 7.35. The third-order valence-corrected chi connectivity index (χ3v) is 5.34. The smallest absolute Gasteiger partial charge is 0.262 e. The van der Waals surface area contributed by atoms with Crippen LogP contribution in [-0.4, -0.2) is 23.2 Å². The summed E-state index contributed by atoms with van der Waals surface area (Å²) in [4.78, 5) is 12.6. The van der Waals surface area contributed by atoms with Crippen molar-refractivity contribution in [2.24, 2.45) is 0 Å². The first-order valence-electron chi connectivity index (χ1n) is 9.75. The van der Waals surface area contributed by atoms with Crippen LogP contribution >= 0.6 is 0 Å². The quantitative estimate of drug-likeness (QED) is 0.609. The SMILES string of the molecule is Cc1cc(/C=C(\C#N)C(=O)NC(C)c2ccccc2)c(C)n1CC1CCCO1. The zero-order valence-corrected chi connectivity index (χ0v) is 16.7. The lowest BCUT2D eigenvalue weighted by molar-refractivity contribution is -0.117. The fraction of sp³-hybridized carbons (Fsp3) is 0.391. The van der Waals surface area contributed by atoms with E-state index in [0.717, 1.165) is 48.5 Å². The van der Waals surface area contributed by atoms with Gasteiger partial charge in [0, 0.05) is 24.5 Å². The van der Waals surface area contributed by atoms with Gasteiger partial charge in [-0.05, 0) is 56.9 Å². The van der Waals surface area contributed by atoms with E-state index in [-0.39, 0.29) is 23.6 Å². The molecule has 2 atom stereocenters. The molecule has 1 N–H and O–H groups in total. The molecule has 5 nitrogen and oxygen atoms in total. The molecule has 146 valence electrons. The standard InChI is InChI=1S/C23H27N3O2/c1-16-12-20(18(3)26(16)15-22-10-7-11-28-22)13-21(14-24)23(27)25-17(2)19-8-5-4-6-9-19/h4-6,8-9,12-13,17,22H,7,10-11,15H2,1-3H3,(H,25,27)/b21-13+. The summed E-state index contributed by atoms with van der Waals surface area (Å²) in [5.74, 6) is -0.359. The van der Waals surface area contributed by atoms with Crippen molar-refractivity contribution in [2.45, 2.75) is 52.3 Å². The summed E-state index contributed by atoms with van der Waals surface area (Å²) in [6.45, 7) is 7.62. The molecule has 1 aliphatic heterocycles. The van der Waals surface area contributed by atoms with Crippen LogP contribution in [0, 0.1) is 25.2 Å². The van der Waals surface area contributed by atoms with E-state index < -0.39 is 0 Å². The number of hydrogen-bond acceptors (Lipinski definition) is 3. The molecule has 2 aromatic rings. The number of hydrogen-bond donors (Lipinski definition) is 1. The van der Waals surface area contributed by atoms with Gasteiger partial charge in [-0.1, -0.05) is 30.3 Å². The number of nitrogens with one attached hydrogen (secondary N) is 1. The first kappa shape index (κ1) is 19.9. The van der Waals surface area contributed by atoms with Gasteiger partial charge in [-0.2, -0.15) is 5.26 Å². The molecule has 1 aromatic carbocycles. The molecule has 0 aliphatic carbocycles. The van der Waals surface area contributed by atoms with Gasteiger partial charge in [0.25, 0.3) is 5.91 Å². The van der Waals surface area contributed by atoms with Crippen LogP contribution in [0.4, 0.5) is 0 Å². The van der Waals surface area contributed by atoms with Gasteiger partial charge in [0.15, 0.2) is 0 Å². The molecule has 1 aliphatic rings. The highest BCUT2D eigenvalue weighted by atomic mass is 16.5. The normalized spacial score (nSPS) is 17.9. The van der Waals surface area contributed by atoms with Crippen LogP contribution in [0.25, 0.3) is 6.08 Å². The van der Waals surface area contributed by atoms with Gasteiger partial charge < -0.3 is 14.6 Å². The highest BCUT2D eigenvalue weighted by molar-refractivity contribution is 6.02. The lowest BCUT2D eigenvalue weighted by Gasteiger charge is -2.15. The van der Waals surface area contributed by atoms with Crippen molar-refractivity contribution >= 4 is 12.0 Å². The number of carbonyl (C=O) groups is 1. The molecule has 0 saturated carbocycles. The molecule has 2 heterocycles. The Bertz CT molecular complexity index is 900. The van der Waals surface area contributed by atoms with Crippen molar-refractivity contribution in [1.29, 1.82) is 5.26 Å². The van der Waals surface area contributed by atoms with Gasteiger partial charge in [0.2, 0.25) is 0 Å². The minimum Gasteiger partial charge on any atom is -0.376 e. The summed E-state index contributed by atoms with van der Waals surface area (Å²) >= 11 is 0. The van der Waals surface area contributed by atoms with Gasteiger partial charge in [-0.25, -0.2) is 0 Å². The number of benzene rings is 1. The Morgan fingerprint density at radius 1 is 1.39 bits per heavy atom. The van der Waals surface area contributed by atoms with Crippen molar-refractivity contribution in [2.75, 3.05) is 6.61 Å². The van der Waals surface area contributed by atoms with Crippen LogP contribution in [0.15, 0.2) is 42.0 Å². The molecule has 0 spiro atoms. The predicted octanol–water partition coefficient (Wildman–Crippen LogP) is 4.07. The van der Waals surface area contributed by atoms with E-state index in [1.165, 1.54) is 0 Å². The van der Waals surface area contributed by atoms with Crippen LogP contribution in [0.2, 0.25) is 0 Å². The van der Waals surface area contributed by atoms with E-state index in [4.69, 9.17) is 4.74 Å². The lowest BCUT2D eigenvalue weighted by Crippen LogP contribution is -2.27. The van der Waals surface area contributed by atoms with Crippen LogP contribution in [0.1, 0.15) is 48.3 Å². The highest BCUT2D eigenvalue weighted by Gasteiger charge is 2.19. The first-order valence-corrected chi connectivity index (χ1v) is 9.75. The van der Waals surface area contributed by atoms with Crippen molar-refractivity contribution < 1.29 is 9.53 Å². The summed E-state index contributed by atoms with van der Waals surface area (Å²) in [6.07, 6.45) is 4.11. The number of nitrogens with zero attached hydrogens (tertiary/aromatic N) is 2. The molecule has 2 unspecified atom stereocenters. The minimum atomic E-state index is -0.359. The second kappa shape index (κ2) is 8.90. The number of aromatic nitrogens is 1. The molecular weight excluding hydrogens is 350 g/mol. The molecular formula is C23H27N3O2. The Morgan fingerprint density at radius 2 is 2.14 bits per heavy atom. The Balaban J connectivity index is 1.76. The van der Waals surface area contributed by atoms with Crippen molar-refractivity contribution in [3.05, 3.63) is 64.5 Å². The van der Waals surface area contributed by atoms with Crippen molar-refractivity contribution in [3.63, 3.8) is 0 Å². The van der Waals surface area contributed by atoms with Gasteiger partial charge in [-0.15, -0.1) is 0 Å². The van der Waals surface area contributed by atoms with Gasteiger partial charge in [0.1, 0.15) is 11.6 Å². The first-order chi connectivity index (χ1) is 13.5. The number of aryl methyl sites for hydroxylation is 1. The van der Waals surface area contributed by atoms with E-state index in [1.807, 2.05) is 57.2 Å². The summed E-state index contributed by atoms with van der Waals surface area (Å²) in [5.41, 5.74) is 4.16. The number of rotatable bonds is 6. The number of nitriles is 1. The van der Waals surface area contributed by atoms with Gasteiger partial charge in [0.05, 0.1) is 12.1 Å². The van der Waals surface area contributed by atoms with Crippen LogP contribution in [-0.2, 0) is 16.1 Å². The maximum atomic E-state index is 12.6. The fourth-order valence-corrected chi connectivity index (χ4v) is 3.65. The van der Waals surface area contributed by atoms with Crippen molar-refractivity contribution in [1.82, 2.24) is 9.88 Å². The fourth-order valence-electron chi connectivity index (χ4n) is 3.65. The topological polar surface area (TPSA) is 67.0 Å². The highest BCUT2D eigenvalue weighted by Crippen LogP contribution is 2.22. The minimum absolute atomic E-state index is 0.111. The Labute approximate surface area is 166 Å². The molecule has 0 radical (unpaired) electrons. The third-order valence-electron chi connectivity index (χ3n) is 5.34. The zero-order valence-electron chi connectivity index (χ0n) is 16.7. The largest absolute Gasteiger partial charge is 0.376 e. The number of amides is 1. The summed E-state index contributed by atoms with van der Waals surface area (Å²) < 4.78 is 7.96. The average Bonchev–Trinajstić information content (AvgIpc) is 3.30. The van der Waals surface area contributed by atoms with E-state index in [2.05, 4.69) is 16.0 Å². The molecule has 1 fully saturated rings. The van der Waals surface area contributed by atoms with Gasteiger partial charge >= 0.3 is 0 Å². The molecule has 3 rings (SSSR count). The maximum Gasteiger partial charge on any atom is 0.262 e. The Hall–Kier alpha value is -2.84. The molecule has 1 amide bonds. The third kappa shape index (κ3) is 4.52. The summed E-state index contributed by atoms with van der Waals surface area (Å²) in [5, 5.41) is 12.4. The van der Waals surface area contributed by atoms with Crippen LogP contribution in [0.5, 0.6) is 0 Å². The molecule has 1 aromatic heterocycles. The number of carbonyl (C=O) groups excluding carboxylic acids is 1. The predicted molar refractivity (Wildman–Crippen MR) is 109 cm³/mol. The molecule has 5 heteroatoms. The average molecular weight is 377 g/mol. The van der Waals surface area contributed by atoms with E-state index >= 15 is 0 Å². The molecule has 1 saturated heterocycles. The number of ether oxygens (including phenoxy) is 1.